The van der Waals surface area contributed by atoms with Crippen molar-refractivity contribution < 1.29 is 0 Å². The molecule has 4 nitrogen and oxygen atoms in total. The number of hydrogen-bond acceptors (Lipinski definition) is 3. The molecule has 3 rings (SSSR count). The molecule has 1 aromatic heterocycles. The van der Waals surface area contributed by atoms with Crippen LogP contribution in [-0.4, -0.2) is 39.9 Å². The van der Waals surface area contributed by atoms with Crippen molar-refractivity contribution in [2.45, 2.75) is 64.2 Å². The molecule has 1 aliphatic heterocycles. The molecule has 0 unspecified atom stereocenters. The Balaban J connectivity index is 1.43. The molecule has 4 heteroatoms. The summed E-state index contributed by atoms with van der Waals surface area (Å²) in [5, 5.41) is 8.10. The lowest BCUT2D eigenvalue weighted by Gasteiger charge is -2.32. The van der Waals surface area contributed by atoms with Gasteiger partial charge in [0.05, 0.1) is 5.69 Å². The van der Waals surface area contributed by atoms with Gasteiger partial charge in [0.1, 0.15) is 0 Å². The fourth-order valence-corrected chi connectivity index (χ4v) is 3.08. The van der Waals surface area contributed by atoms with Gasteiger partial charge in [0.15, 0.2) is 0 Å². The van der Waals surface area contributed by atoms with Gasteiger partial charge in [-0.2, -0.15) is 5.10 Å². The standard InChI is InChI=1S/C15H26N4/c1-2-9-19-15(5-8-17-19)12-16-13-6-10-18(11-7-13)14-3-4-14/h5,8,13-14,16H,2-4,6-7,9-12H2,1H3. The van der Waals surface area contributed by atoms with Crippen LogP contribution < -0.4 is 5.32 Å². The van der Waals surface area contributed by atoms with Crippen LogP contribution in [0, 0.1) is 0 Å². The maximum atomic E-state index is 4.38. The van der Waals surface area contributed by atoms with E-state index in [0.717, 1.165) is 25.6 Å². The Hall–Kier alpha value is -0.870. The molecule has 0 spiro atoms. The number of nitrogens with one attached hydrogen (secondary N) is 1. The predicted octanol–water partition coefficient (Wildman–Crippen LogP) is 2.01. The second-order valence-corrected chi connectivity index (χ2v) is 5.97. The first kappa shape index (κ1) is 13.1. The molecule has 106 valence electrons. The average molecular weight is 262 g/mol. The summed E-state index contributed by atoms with van der Waals surface area (Å²) in [6.07, 6.45) is 8.55. The SMILES string of the molecule is CCCn1nccc1CNC1CCN(C2CC2)CC1. The summed E-state index contributed by atoms with van der Waals surface area (Å²) in [5.41, 5.74) is 1.33. The third-order valence-electron chi connectivity index (χ3n) is 4.40. The van der Waals surface area contributed by atoms with Gasteiger partial charge >= 0.3 is 0 Å². The van der Waals surface area contributed by atoms with Crippen molar-refractivity contribution in [3.05, 3.63) is 18.0 Å². The molecule has 1 N–H and O–H groups in total. The van der Waals surface area contributed by atoms with Gasteiger partial charge in [-0.3, -0.25) is 4.68 Å². The van der Waals surface area contributed by atoms with E-state index in [1.165, 1.54) is 44.5 Å². The van der Waals surface area contributed by atoms with Crippen LogP contribution in [0.2, 0.25) is 0 Å². The molecule has 1 aromatic rings. The third-order valence-corrected chi connectivity index (χ3v) is 4.40. The molecule has 0 aromatic carbocycles. The Morgan fingerprint density at radius 3 is 2.74 bits per heavy atom. The molecule has 2 heterocycles. The minimum absolute atomic E-state index is 0.694. The van der Waals surface area contributed by atoms with Crippen LogP contribution in [0.4, 0.5) is 0 Å². The smallest absolute Gasteiger partial charge is 0.0522 e. The summed E-state index contributed by atoms with van der Waals surface area (Å²) in [7, 11) is 0. The topological polar surface area (TPSA) is 33.1 Å². The van der Waals surface area contributed by atoms with Crippen molar-refractivity contribution in [2.75, 3.05) is 13.1 Å². The van der Waals surface area contributed by atoms with Crippen molar-refractivity contribution in [1.29, 1.82) is 0 Å². The minimum atomic E-state index is 0.694. The van der Waals surface area contributed by atoms with E-state index in [1.807, 2.05) is 6.20 Å². The summed E-state index contributed by atoms with van der Waals surface area (Å²) in [6.45, 7) is 6.78. The molecule has 1 saturated carbocycles. The van der Waals surface area contributed by atoms with Crippen LogP contribution in [0.1, 0.15) is 44.7 Å². The zero-order chi connectivity index (χ0) is 13.1. The monoisotopic (exact) mass is 262 g/mol. The van der Waals surface area contributed by atoms with Gasteiger partial charge in [0.2, 0.25) is 0 Å². The van der Waals surface area contributed by atoms with Gasteiger partial charge in [0.25, 0.3) is 0 Å². The van der Waals surface area contributed by atoms with Crippen LogP contribution in [-0.2, 0) is 13.1 Å². The summed E-state index contributed by atoms with van der Waals surface area (Å²) >= 11 is 0. The van der Waals surface area contributed by atoms with Gasteiger partial charge in [-0.15, -0.1) is 0 Å². The second-order valence-electron chi connectivity index (χ2n) is 5.97. The van der Waals surface area contributed by atoms with Crippen LogP contribution in [0.25, 0.3) is 0 Å². The number of piperidine rings is 1. The van der Waals surface area contributed by atoms with Gasteiger partial charge < -0.3 is 10.2 Å². The highest BCUT2D eigenvalue weighted by atomic mass is 15.3. The van der Waals surface area contributed by atoms with Crippen LogP contribution in [0.15, 0.2) is 12.3 Å². The third kappa shape index (κ3) is 3.37. The zero-order valence-electron chi connectivity index (χ0n) is 12.0. The summed E-state index contributed by atoms with van der Waals surface area (Å²) in [5.74, 6) is 0. The van der Waals surface area contributed by atoms with E-state index in [4.69, 9.17) is 0 Å². The van der Waals surface area contributed by atoms with E-state index in [-0.39, 0.29) is 0 Å². The number of aromatic nitrogens is 2. The Bertz CT molecular complexity index is 389. The molecule has 19 heavy (non-hydrogen) atoms. The zero-order valence-corrected chi connectivity index (χ0v) is 12.0. The Morgan fingerprint density at radius 2 is 2.05 bits per heavy atom. The van der Waals surface area contributed by atoms with Crippen molar-refractivity contribution in [1.82, 2.24) is 20.0 Å². The highest BCUT2D eigenvalue weighted by Gasteiger charge is 2.31. The molecular weight excluding hydrogens is 236 g/mol. The first-order valence-electron chi connectivity index (χ1n) is 7.85. The van der Waals surface area contributed by atoms with Crippen molar-refractivity contribution in [3.8, 4) is 0 Å². The van der Waals surface area contributed by atoms with Crippen LogP contribution in [0.5, 0.6) is 0 Å². The van der Waals surface area contributed by atoms with Crippen molar-refractivity contribution in [2.24, 2.45) is 0 Å². The van der Waals surface area contributed by atoms with Gasteiger partial charge in [-0.05, 0) is 51.3 Å². The van der Waals surface area contributed by atoms with E-state index < -0.39 is 0 Å². The van der Waals surface area contributed by atoms with E-state index in [0.29, 0.717) is 6.04 Å². The molecular formula is C15H26N4. The molecule has 0 amide bonds. The fraction of sp³-hybridized carbons (Fsp3) is 0.800. The van der Waals surface area contributed by atoms with Gasteiger partial charge in [0, 0.05) is 31.4 Å². The highest BCUT2D eigenvalue weighted by molar-refractivity contribution is 5.00. The normalized spacial score (nSPS) is 21.9. The number of nitrogens with zero attached hydrogens (tertiary/aromatic N) is 3. The number of hydrogen-bond donors (Lipinski definition) is 1. The molecule has 0 radical (unpaired) electrons. The van der Waals surface area contributed by atoms with Crippen molar-refractivity contribution in [3.63, 3.8) is 0 Å². The molecule has 2 aliphatic rings. The molecule has 2 fully saturated rings. The van der Waals surface area contributed by atoms with E-state index in [2.05, 4.69) is 33.0 Å². The van der Waals surface area contributed by atoms with Crippen LogP contribution >= 0.6 is 0 Å². The summed E-state index contributed by atoms with van der Waals surface area (Å²) in [4.78, 5) is 2.68. The summed E-state index contributed by atoms with van der Waals surface area (Å²) < 4.78 is 2.13. The largest absolute Gasteiger partial charge is 0.308 e. The first-order valence-corrected chi connectivity index (χ1v) is 7.85. The van der Waals surface area contributed by atoms with Crippen LogP contribution in [0.3, 0.4) is 0 Å². The average Bonchev–Trinajstić information content (AvgIpc) is 3.19. The maximum Gasteiger partial charge on any atom is 0.0522 e. The molecule has 0 bridgehead atoms. The van der Waals surface area contributed by atoms with Gasteiger partial charge in [-0.1, -0.05) is 6.92 Å². The number of aryl methyl sites for hydroxylation is 1. The molecule has 1 saturated heterocycles. The second kappa shape index (κ2) is 6.06. The van der Waals surface area contributed by atoms with E-state index in [9.17, 15) is 0 Å². The van der Waals surface area contributed by atoms with Crippen molar-refractivity contribution >= 4 is 0 Å². The number of rotatable bonds is 6. The van der Waals surface area contributed by atoms with Gasteiger partial charge in [-0.25, -0.2) is 0 Å². The summed E-state index contributed by atoms with van der Waals surface area (Å²) in [6, 6.07) is 3.77. The predicted molar refractivity (Wildman–Crippen MR) is 77.0 cm³/mol. The quantitative estimate of drug-likeness (QED) is 0.851. The molecule has 1 aliphatic carbocycles. The fourth-order valence-electron chi connectivity index (χ4n) is 3.08. The first-order chi connectivity index (χ1) is 9.36. The highest BCUT2D eigenvalue weighted by Crippen LogP contribution is 2.29. The minimum Gasteiger partial charge on any atom is -0.308 e. The number of likely N-dealkylation sites (tertiary alicyclic amines) is 1. The Morgan fingerprint density at radius 1 is 1.26 bits per heavy atom. The molecule has 0 atom stereocenters. The van der Waals surface area contributed by atoms with E-state index in [1.54, 1.807) is 0 Å². The lowest BCUT2D eigenvalue weighted by atomic mass is 10.0. The Labute approximate surface area is 116 Å². The Kier molecular flexibility index (Phi) is 4.18. The lowest BCUT2D eigenvalue weighted by molar-refractivity contribution is 0.188. The van der Waals surface area contributed by atoms with E-state index >= 15 is 0 Å². The maximum absolute atomic E-state index is 4.38. The lowest BCUT2D eigenvalue weighted by Crippen LogP contribution is -2.43.